The molecule has 1 saturated heterocycles. The number of halogens is 2. The van der Waals surface area contributed by atoms with Crippen LogP contribution in [0.5, 0.6) is 11.5 Å². The standard InChI is InChI=1S/C41H37ClFN5O4/c1-40(2,3)29-16-17-33(42)32(23-29)41(51-30-10-6-4-7-11-30,52-31-12-8-5-9-13-31)47-21-20-46(26-38(47)49)39(50)36-25-45-37-19-18-35(48(36)37)27-14-15-28(24-44)34(43)22-27/h4-17,22-23,25,35H,18-21,26H2,1-3H3. The van der Waals surface area contributed by atoms with Crippen LogP contribution in [0.15, 0.2) is 103 Å². The van der Waals surface area contributed by atoms with E-state index in [9.17, 15) is 19.2 Å². The number of ether oxygens (including phenoxy) is 2. The minimum absolute atomic E-state index is 0.0460. The summed E-state index contributed by atoms with van der Waals surface area (Å²) in [6.45, 7) is 6.18. The van der Waals surface area contributed by atoms with Gasteiger partial charge in [0, 0.05) is 19.5 Å². The molecule has 0 radical (unpaired) electrons. The summed E-state index contributed by atoms with van der Waals surface area (Å²) in [5.41, 5.74) is 2.02. The lowest BCUT2D eigenvalue weighted by atomic mass is 9.85. The second-order valence-corrected chi connectivity index (χ2v) is 14.4. The van der Waals surface area contributed by atoms with E-state index < -0.39 is 17.6 Å². The van der Waals surface area contributed by atoms with Crippen LogP contribution in [0.1, 0.15) is 71.8 Å². The van der Waals surface area contributed by atoms with E-state index in [2.05, 4.69) is 25.8 Å². The van der Waals surface area contributed by atoms with Gasteiger partial charge in [0.25, 0.3) is 5.91 Å². The normalized spacial score (nSPS) is 16.0. The number of carbonyl (C=O) groups is 2. The van der Waals surface area contributed by atoms with Gasteiger partial charge in [0.05, 0.1) is 28.4 Å². The van der Waals surface area contributed by atoms with E-state index in [0.717, 1.165) is 5.56 Å². The summed E-state index contributed by atoms with van der Waals surface area (Å²) in [5, 5.41) is 9.55. The Morgan fingerprint density at radius 3 is 2.21 bits per heavy atom. The van der Waals surface area contributed by atoms with Gasteiger partial charge >= 0.3 is 5.91 Å². The molecule has 7 rings (SSSR count). The van der Waals surface area contributed by atoms with Crippen molar-refractivity contribution in [3.05, 3.63) is 148 Å². The van der Waals surface area contributed by atoms with Crippen molar-refractivity contribution in [1.29, 1.82) is 5.26 Å². The molecular formula is C41H37ClFN5O4. The molecule has 9 nitrogen and oxygen atoms in total. The lowest BCUT2D eigenvalue weighted by Crippen LogP contribution is -2.64. The first-order chi connectivity index (χ1) is 25.0. The van der Waals surface area contributed by atoms with Gasteiger partial charge in [-0.25, -0.2) is 9.37 Å². The van der Waals surface area contributed by atoms with Crippen molar-refractivity contribution in [3.63, 3.8) is 0 Å². The van der Waals surface area contributed by atoms with Crippen LogP contribution in [0, 0.1) is 17.1 Å². The average molecular weight is 718 g/mol. The first-order valence-corrected chi connectivity index (χ1v) is 17.5. The number of fused-ring (bicyclic) bond motifs is 1. The molecule has 3 heterocycles. The van der Waals surface area contributed by atoms with E-state index in [1.165, 1.54) is 28.1 Å². The minimum Gasteiger partial charge on any atom is -0.431 e. The topological polar surface area (TPSA) is 101 Å². The number of aryl methyl sites for hydroxylation is 1. The third-order valence-corrected chi connectivity index (χ3v) is 9.91. The first-order valence-electron chi connectivity index (χ1n) is 17.1. The van der Waals surface area contributed by atoms with Crippen molar-refractivity contribution in [1.82, 2.24) is 19.4 Å². The van der Waals surface area contributed by atoms with Crippen LogP contribution in [0.3, 0.4) is 0 Å². The quantitative estimate of drug-likeness (QED) is 0.153. The van der Waals surface area contributed by atoms with Gasteiger partial charge in [-0.3, -0.25) is 14.5 Å². The predicted octanol–water partition coefficient (Wildman–Crippen LogP) is 7.63. The van der Waals surface area contributed by atoms with Crippen LogP contribution < -0.4 is 9.47 Å². The van der Waals surface area contributed by atoms with Crippen molar-refractivity contribution in [2.75, 3.05) is 19.6 Å². The van der Waals surface area contributed by atoms with E-state index in [-0.39, 0.29) is 42.6 Å². The largest absolute Gasteiger partial charge is 0.431 e. The van der Waals surface area contributed by atoms with Gasteiger partial charge in [0.15, 0.2) is 0 Å². The Labute approximate surface area is 306 Å². The fourth-order valence-electron chi connectivity index (χ4n) is 6.87. The summed E-state index contributed by atoms with van der Waals surface area (Å²) in [6.07, 6.45) is 2.72. The van der Waals surface area contributed by atoms with Gasteiger partial charge in [-0.1, -0.05) is 80.9 Å². The summed E-state index contributed by atoms with van der Waals surface area (Å²) in [6, 6.07) is 29.8. The van der Waals surface area contributed by atoms with Crippen LogP contribution in [0.2, 0.25) is 5.02 Å². The Hall–Kier alpha value is -5.66. The Morgan fingerprint density at radius 1 is 0.942 bits per heavy atom. The number of nitriles is 1. The maximum atomic E-state index is 14.6. The van der Waals surface area contributed by atoms with E-state index >= 15 is 0 Å². The maximum Gasteiger partial charge on any atom is 0.371 e. The Balaban J connectivity index is 1.26. The van der Waals surface area contributed by atoms with Gasteiger partial charge in [-0.15, -0.1) is 0 Å². The molecule has 1 atom stereocenters. The van der Waals surface area contributed by atoms with Crippen LogP contribution in [0.4, 0.5) is 4.39 Å². The molecule has 264 valence electrons. The van der Waals surface area contributed by atoms with Crippen molar-refractivity contribution in [3.8, 4) is 17.6 Å². The predicted molar refractivity (Wildman–Crippen MR) is 193 cm³/mol. The molecule has 52 heavy (non-hydrogen) atoms. The monoisotopic (exact) mass is 717 g/mol. The molecular weight excluding hydrogens is 681 g/mol. The van der Waals surface area contributed by atoms with Crippen LogP contribution in [0.25, 0.3) is 0 Å². The van der Waals surface area contributed by atoms with Crippen LogP contribution in [-0.4, -0.2) is 50.8 Å². The molecule has 0 N–H and O–H groups in total. The maximum absolute atomic E-state index is 14.6. The molecule has 0 aliphatic carbocycles. The Bertz CT molecular complexity index is 2140. The number of piperazine rings is 1. The zero-order valence-corrected chi connectivity index (χ0v) is 29.8. The highest BCUT2D eigenvalue weighted by atomic mass is 35.5. The summed E-state index contributed by atoms with van der Waals surface area (Å²) in [7, 11) is 0. The Kier molecular flexibility index (Phi) is 9.24. The zero-order chi connectivity index (χ0) is 36.6. The number of rotatable bonds is 8. The average Bonchev–Trinajstić information content (AvgIpc) is 3.74. The molecule has 0 saturated carbocycles. The summed E-state index contributed by atoms with van der Waals surface area (Å²) in [4.78, 5) is 36.3. The van der Waals surface area contributed by atoms with Crippen LogP contribution in [-0.2, 0) is 22.5 Å². The number of aromatic nitrogens is 2. The SMILES string of the molecule is CC(C)(C)c1ccc(Cl)c(C(Oc2ccccc2)(Oc2ccccc2)N2CCN(C(=O)c3cnc4n3C(c3ccc(C#N)c(F)c3)CC4)CC2=O)c1. The van der Waals surface area contributed by atoms with E-state index in [1.807, 2.05) is 59.2 Å². The third kappa shape index (κ3) is 6.48. The smallest absolute Gasteiger partial charge is 0.371 e. The lowest BCUT2D eigenvalue weighted by molar-refractivity contribution is -0.236. The Morgan fingerprint density at radius 2 is 1.62 bits per heavy atom. The molecule has 0 bridgehead atoms. The highest BCUT2D eigenvalue weighted by Crippen LogP contribution is 2.41. The molecule has 2 aliphatic rings. The molecule has 4 aromatic carbocycles. The second kappa shape index (κ2) is 13.8. The van der Waals surface area contributed by atoms with Crippen molar-refractivity contribution in [2.24, 2.45) is 0 Å². The summed E-state index contributed by atoms with van der Waals surface area (Å²) >= 11 is 7.01. The van der Waals surface area contributed by atoms with Gasteiger partial charge in [-0.05, 0) is 71.5 Å². The van der Waals surface area contributed by atoms with Gasteiger partial charge in [0.1, 0.15) is 41.4 Å². The lowest BCUT2D eigenvalue weighted by Gasteiger charge is -2.46. The van der Waals surface area contributed by atoms with Crippen molar-refractivity contribution < 1.29 is 23.5 Å². The zero-order valence-electron chi connectivity index (χ0n) is 29.1. The summed E-state index contributed by atoms with van der Waals surface area (Å²) in [5.74, 6) is -1.69. The second-order valence-electron chi connectivity index (χ2n) is 14.0. The number of benzene rings is 4. The minimum atomic E-state index is -1.87. The van der Waals surface area contributed by atoms with Crippen molar-refractivity contribution in [2.45, 2.75) is 51.0 Å². The number of nitrogens with zero attached hydrogens (tertiary/aromatic N) is 5. The fourth-order valence-corrected chi connectivity index (χ4v) is 7.10. The number of para-hydroxylation sites is 2. The van der Waals surface area contributed by atoms with E-state index in [1.54, 1.807) is 36.4 Å². The molecule has 11 heteroatoms. The highest BCUT2D eigenvalue weighted by Gasteiger charge is 2.51. The number of hydrogen-bond donors (Lipinski definition) is 0. The summed E-state index contributed by atoms with van der Waals surface area (Å²) < 4.78 is 30.1. The molecule has 1 unspecified atom stereocenters. The first kappa shape index (κ1) is 34.8. The molecule has 2 amide bonds. The van der Waals surface area contributed by atoms with Crippen LogP contribution >= 0.6 is 11.6 Å². The highest BCUT2D eigenvalue weighted by molar-refractivity contribution is 6.31. The molecule has 1 fully saturated rings. The molecule has 2 aliphatic heterocycles. The molecule has 5 aromatic rings. The van der Waals surface area contributed by atoms with Gasteiger partial charge in [-0.2, -0.15) is 5.26 Å². The third-order valence-electron chi connectivity index (χ3n) is 9.58. The number of carbonyl (C=O) groups excluding carboxylic acids is 2. The van der Waals surface area contributed by atoms with Crippen molar-refractivity contribution >= 4 is 23.4 Å². The van der Waals surface area contributed by atoms with Gasteiger partial charge in [0.2, 0.25) is 5.91 Å². The van der Waals surface area contributed by atoms with E-state index in [4.69, 9.17) is 21.1 Å². The number of amides is 2. The van der Waals surface area contributed by atoms with Gasteiger partial charge < -0.3 is 18.9 Å². The number of hydrogen-bond acceptors (Lipinski definition) is 6. The molecule has 1 aromatic heterocycles. The fraction of sp³-hybridized carbons (Fsp3) is 0.268. The number of imidazole rings is 1. The molecule has 0 spiro atoms. The van der Waals surface area contributed by atoms with E-state index in [0.29, 0.717) is 52.0 Å².